The highest BCUT2D eigenvalue weighted by Crippen LogP contribution is 2.32. The first kappa shape index (κ1) is 71.0. The summed E-state index contributed by atoms with van der Waals surface area (Å²) in [6, 6.07) is 11.5. The fourth-order valence-electron chi connectivity index (χ4n) is 11.4. The number of aliphatic hydroxyl groups is 2. The summed E-state index contributed by atoms with van der Waals surface area (Å²) < 4.78 is 37.5. The highest BCUT2D eigenvalue weighted by atomic mass is 32.1. The summed E-state index contributed by atoms with van der Waals surface area (Å²) in [4.78, 5) is 70.9. The Morgan fingerprint density at radius 2 is 1.11 bits per heavy atom. The van der Waals surface area contributed by atoms with Crippen LogP contribution in [0.2, 0.25) is 0 Å². The molecule has 8 heterocycles. The van der Waals surface area contributed by atoms with Crippen LogP contribution in [0.15, 0.2) is 70.6 Å². The first-order valence-corrected chi connectivity index (χ1v) is 29.6. The highest BCUT2D eigenvalue weighted by Gasteiger charge is 2.26. The van der Waals surface area contributed by atoms with Crippen LogP contribution in [0.5, 0.6) is 11.5 Å². The Kier molecular flexibility index (Phi) is 28.7. The molecule has 10 rings (SSSR count). The number of nitrogens with zero attached hydrogens (tertiary/aromatic N) is 10. The molecule has 2 atom stereocenters. The van der Waals surface area contributed by atoms with E-state index in [1.807, 2.05) is 35.8 Å². The third-order valence-electron chi connectivity index (χ3n) is 16.6. The molecule has 0 aliphatic carbocycles. The number of β-amino-alcohol motifs (C(OH)–C–C–N with tert-alkyl or cyclic N) is 2. The number of ether oxygens (including phenoxy) is 2. The van der Waals surface area contributed by atoms with E-state index >= 15 is 0 Å². The van der Waals surface area contributed by atoms with E-state index in [1.54, 1.807) is 32.4 Å². The molecule has 0 saturated carbocycles. The normalized spacial score (nSPS) is 15.9. The van der Waals surface area contributed by atoms with Crippen LogP contribution >= 0.6 is 27.0 Å². The number of aromatic carboxylic acids is 1. The quantitative estimate of drug-likeness (QED) is 0.0626. The van der Waals surface area contributed by atoms with Crippen molar-refractivity contribution in [3.63, 3.8) is 0 Å². The summed E-state index contributed by atoms with van der Waals surface area (Å²) in [5.41, 5.74) is 18.5. The molecule has 2 fully saturated rings. The van der Waals surface area contributed by atoms with E-state index in [2.05, 4.69) is 71.3 Å². The molecule has 486 valence electrons. The second-order valence-corrected chi connectivity index (χ2v) is 22.7. The number of amides is 3. The number of hydrogen-bond acceptors (Lipinski definition) is 19. The molecule has 0 bridgehead atoms. The van der Waals surface area contributed by atoms with Gasteiger partial charge in [-0.2, -0.15) is 27.0 Å². The number of aromatic nitrogens is 6. The third-order valence-corrected chi connectivity index (χ3v) is 16.6. The molecule has 0 unspecified atom stereocenters. The number of halogens is 1. The van der Waals surface area contributed by atoms with Crippen LogP contribution in [0.1, 0.15) is 129 Å². The smallest absolute Gasteiger partial charge is 0.354 e. The Hall–Kier alpha value is -7.07. The minimum atomic E-state index is -1.03. The lowest BCUT2D eigenvalue weighted by molar-refractivity contribution is -0.131. The molecule has 4 aliphatic heterocycles. The molecule has 26 heteroatoms. The van der Waals surface area contributed by atoms with Crippen molar-refractivity contribution in [2.75, 3.05) is 72.6 Å². The fraction of sp³-hybridized carbons (Fsp3) is 0.524. The van der Waals surface area contributed by atoms with E-state index in [4.69, 9.17) is 30.7 Å². The number of carbonyl (C=O) groups excluding carboxylic acids is 3. The van der Waals surface area contributed by atoms with Gasteiger partial charge in [0.15, 0.2) is 5.69 Å². The maximum atomic E-state index is 12.8. The van der Waals surface area contributed by atoms with Gasteiger partial charge in [-0.3, -0.25) is 28.6 Å². The molecule has 0 spiro atoms. The number of aliphatic hydroxyl groups excluding tert-OH is 2. The maximum Gasteiger partial charge on any atom is 0.354 e. The van der Waals surface area contributed by atoms with Crippen molar-refractivity contribution in [2.45, 2.75) is 131 Å². The molecule has 4 aromatic heterocycles. The number of alkyl halides is 1. The SMILES string of the molecule is CC(=O)N1CCC(Cc2cc(C(=O)NC[C@H](O)CN3CCc4c(ccc(OCc5conc5C)c4C)C3)ncn2)CC1.CC(=O)N1CCC(Cc2cc(C(=O)O)ncn2)CC1.Cc1nocc1COc1ccc2c(c1C)CCN(C[C@@H](O)CN)C2.S.S.[2H]CF. The summed E-state index contributed by atoms with van der Waals surface area (Å²) in [6.45, 7) is 20.0. The number of rotatable bonds is 19. The zero-order valence-electron chi connectivity index (χ0n) is 52.9. The summed E-state index contributed by atoms with van der Waals surface area (Å²) >= 11 is 0. The number of benzene rings is 2. The Morgan fingerprint density at radius 3 is 1.52 bits per heavy atom. The number of carboxylic acid groups (broad SMARTS) is 1. The monoisotopic (exact) mass is 1270 g/mol. The van der Waals surface area contributed by atoms with Gasteiger partial charge in [0.2, 0.25) is 11.8 Å². The largest absolute Gasteiger partial charge is 0.488 e. The van der Waals surface area contributed by atoms with Gasteiger partial charge >= 0.3 is 5.97 Å². The predicted octanol–water partition coefficient (Wildman–Crippen LogP) is 5.95. The lowest BCUT2D eigenvalue weighted by Gasteiger charge is -2.31. The van der Waals surface area contributed by atoms with Gasteiger partial charge in [0.1, 0.15) is 55.6 Å². The van der Waals surface area contributed by atoms with Gasteiger partial charge in [-0.05, 0) is 149 Å². The summed E-state index contributed by atoms with van der Waals surface area (Å²) in [5, 5.41) is 39.9. The van der Waals surface area contributed by atoms with Crippen LogP contribution in [0.25, 0.3) is 0 Å². The van der Waals surface area contributed by atoms with Crippen molar-refractivity contribution in [1.82, 2.24) is 55.2 Å². The molecule has 6 N–H and O–H groups in total. The van der Waals surface area contributed by atoms with Crippen molar-refractivity contribution >= 4 is 50.7 Å². The van der Waals surface area contributed by atoms with E-state index < -0.39 is 25.3 Å². The third kappa shape index (κ3) is 21.3. The molecule has 4 aliphatic rings. The van der Waals surface area contributed by atoms with Gasteiger partial charge in [-0.15, -0.1) is 0 Å². The molecule has 2 saturated heterocycles. The van der Waals surface area contributed by atoms with Crippen molar-refractivity contribution in [3.05, 3.63) is 140 Å². The number of hydrogen-bond donors (Lipinski definition) is 5. The lowest BCUT2D eigenvalue weighted by Crippen LogP contribution is -2.42. The summed E-state index contributed by atoms with van der Waals surface area (Å²) in [7, 11) is -1.00. The molecule has 6 aromatic rings. The zero-order chi connectivity index (χ0) is 63.3. The van der Waals surface area contributed by atoms with Crippen molar-refractivity contribution < 1.29 is 58.8 Å². The molecule has 0 radical (unpaired) electrons. The van der Waals surface area contributed by atoms with Crippen LogP contribution in [0, 0.1) is 39.5 Å². The molecule has 89 heavy (non-hydrogen) atoms. The number of carbonyl (C=O) groups is 4. The number of piperidine rings is 2. The van der Waals surface area contributed by atoms with E-state index in [9.17, 15) is 33.8 Å². The van der Waals surface area contributed by atoms with Gasteiger partial charge in [0.25, 0.3) is 5.91 Å². The van der Waals surface area contributed by atoms with Gasteiger partial charge in [-0.25, -0.2) is 24.7 Å². The van der Waals surface area contributed by atoms with Crippen LogP contribution < -0.4 is 20.5 Å². The number of likely N-dealkylation sites (tertiary alicyclic amines) is 2. The van der Waals surface area contributed by atoms with E-state index in [0.29, 0.717) is 50.4 Å². The van der Waals surface area contributed by atoms with Gasteiger partial charge < -0.3 is 54.7 Å². The average Bonchev–Trinajstić information content (AvgIpc) is 1.51. The van der Waals surface area contributed by atoms with Crippen LogP contribution in [0.3, 0.4) is 0 Å². The molecular formula is C63H89FN12O11S2. The summed E-state index contributed by atoms with van der Waals surface area (Å²) in [6.07, 6.45) is 11.8. The molecular weight excluding hydrogens is 1180 g/mol. The molecule has 2 aromatic carbocycles. The van der Waals surface area contributed by atoms with Gasteiger partial charge in [0, 0.05) is 104 Å². The Morgan fingerprint density at radius 1 is 0.685 bits per heavy atom. The molecule has 23 nitrogen and oxygen atoms in total. The van der Waals surface area contributed by atoms with Crippen LogP contribution in [0.4, 0.5) is 4.39 Å². The summed E-state index contributed by atoms with van der Waals surface area (Å²) in [5.74, 6) is 1.52. The van der Waals surface area contributed by atoms with Crippen molar-refractivity contribution in [3.8, 4) is 11.5 Å². The number of nitrogens with two attached hydrogens (primary N) is 1. The second-order valence-electron chi connectivity index (χ2n) is 22.7. The maximum absolute atomic E-state index is 12.8. The number of nitrogens with one attached hydrogen (secondary N) is 1. The Labute approximate surface area is 535 Å². The van der Waals surface area contributed by atoms with E-state index in [1.165, 1.54) is 46.5 Å². The van der Waals surface area contributed by atoms with E-state index in [0.717, 1.165) is 155 Å². The standard InChI is InChI=1S/C31H40N6O5.C18H25N3O3.C13H17N3O3.CH3F.2H2S/c1-20-28-8-9-36(15-24(28)4-5-30(20)41-17-25-18-42-35-21(25)2)16-27(39)14-32-31(40)29-13-26(33-19-34-29)12-23-6-10-37(11-7-23)22(3)38;1-12-17-5-6-21(9-16(22)7-19)8-14(17)3-4-18(12)23-10-15-11-24-20-13(15)2;1-9(17)16-4-2-10(3-5-16)6-11-7-12(13(18)19)15-8-14-11;1-2;;/h4-5,13,18-19,23,27,39H,6-12,14-17H2,1-3H3,(H,32,40);3-4,11,16,22H,5-10,19H2,1-2H3;7-8,10H,2-6H2,1H3,(H,18,19);1H3;2*1H2/t27-;16-;;;;/m00..../s1/i;;;1D;;. The number of fused-ring (bicyclic) bond motifs is 2. The Balaban J connectivity index is 0.000000260. The Bertz CT molecular complexity index is 3260. The minimum Gasteiger partial charge on any atom is -0.488 e. The second kappa shape index (κ2) is 35.9. The first-order valence-electron chi connectivity index (χ1n) is 30.3. The van der Waals surface area contributed by atoms with E-state index in [-0.39, 0.29) is 57.0 Å². The van der Waals surface area contributed by atoms with Gasteiger partial charge in [0.05, 0.1) is 43.2 Å². The molecule has 3 amide bonds. The first-order chi connectivity index (χ1) is 42.3. The minimum absolute atomic E-state index is 0. The van der Waals surface area contributed by atoms with Crippen LogP contribution in [-0.2, 0) is 61.6 Å². The van der Waals surface area contributed by atoms with Gasteiger partial charge in [-0.1, -0.05) is 22.4 Å². The average molecular weight is 1270 g/mol. The van der Waals surface area contributed by atoms with Crippen LogP contribution in [-0.4, -0.2) is 174 Å². The topological polar surface area (TPSA) is 302 Å². The number of aryl methyl sites for hydroxylation is 2. The zero-order valence-corrected chi connectivity index (χ0v) is 53.9. The van der Waals surface area contributed by atoms with Crippen molar-refractivity contribution in [2.24, 2.45) is 17.6 Å². The lowest BCUT2D eigenvalue weighted by atomic mass is 9.92. The highest BCUT2D eigenvalue weighted by molar-refractivity contribution is 7.59. The predicted molar refractivity (Wildman–Crippen MR) is 341 cm³/mol. The van der Waals surface area contributed by atoms with Crippen molar-refractivity contribution in [1.29, 1.82) is 0 Å². The number of carboxylic acids is 1. The fourth-order valence-corrected chi connectivity index (χ4v) is 11.4.